The molecule has 1 aliphatic heterocycles. The van der Waals surface area contributed by atoms with E-state index in [0.29, 0.717) is 5.17 Å². The van der Waals surface area contributed by atoms with Gasteiger partial charge in [-0.2, -0.15) is 5.10 Å². The fraction of sp³-hybridized carbons (Fsp3) is 0.375. The van der Waals surface area contributed by atoms with Crippen LogP contribution in [0.5, 0.6) is 0 Å². The molecule has 1 aromatic carbocycles. The van der Waals surface area contributed by atoms with Crippen LogP contribution in [-0.2, 0) is 15.0 Å². The van der Waals surface area contributed by atoms with Crippen molar-refractivity contribution in [2.75, 3.05) is 0 Å². The van der Waals surface area contributed by atoms with Crippen LogP contribution in [0.25, 0.3) is 0 Å². The zero-order valence-electron chi connectivity index (χ0n) is 13.2. The highest BCUT2D eigenvalue weighted by Gasteiger charge is 2.32. The molecule has 0 aromatic heterocycles. The molecule has 7 heteroatoms. The Kier molecular flexibility index (Phi) is 5.20. The van der Waals surface area contributed by atoms with Gasteiger partial charge >= 0.3 is 5.97 Å². The Morgan fingerprint density at radius 1 is 1.35 bits per heavy atom. The van der Waals surface area contributed by atoms with Crippen molar-refractivity contribution in [2.24, 2.45) is 10.2 Å². The van der Waals surface area contributed by atoms with E-state index in [1.54, 1.807) is 6.21 Å². The molecule has 122 valence electrons. The first-order chi connectivity index (χ1) is 10.8. The third-order valence-electron chi connectivity index (χ3n) is 3.27. The molecule has 0 unspecified atom stereocenters. The minimum absolute atomic E-state index is 0.0970. The molecule has 1 amide bonds. The lowest BCUT2D eigenvalue weighted by Gasteiger charge is -2.18. The molecule has 1 atom stereocenters. The molecule has 23 heavy (non-hydrogen) atoms. The summed E-state index contributed by atoms with van der Waals surface area (Å²) in [5.41, 5.74) is 2.23. The van der Waals surface area contributed by atoms with Gasteiger partial charge in [0.25, 0.3) is 0 Å². The number of carbonyl (C=O) groups excluding carboxylic acids is 1. The molecule has 1 heterocycles. The van der Waals surface area contributed by atoms with Crippen LogP contribution in [0, 0.1) is 0 Å². The van der Waals surface area contributed by atoms with E-state index in [9.17, 15) is 9.59 Å². The predicted octanol–water partition coefficient (Wildman–Crippen LogP) is 2.38. The van der Waals surface area contributed by atoms with Crippen LogP contribution in [-0.4, -0.2) is 33.6 Å². The summed E-state index contributed by atoms with van der Waals surface area (Å²) in [5, 5.41) is 18.8. The molecule has 0 saturated carbocycles. The van der Waals surface area contributed by atoms with E-state index in [1.807, 2.05) is 24.3 Å². The van der Waals surface area contributed by atoms with Crippen molar-refractivity contribution in [2.45, 2.75) is 37.9 Å². The highest BCUT2D eigenvalue weighted by atomic mass is 32.2. The maximum atomic E-state index is 11.6. The van der Waals surface area contributed by atoms with Gasteiger partial charge in [-0.25, -0.2) is 0 Å². The zero-order chi connectivity index (χ0) is 17.0. The van der Waals surface area contributed by atoms with Crippen LogP contribution < -0.4 is 5.32 Å². The van der Waals surface area contributed by atoms with Gasteiger partial charge in [-0.15, -0.1) is 5.10 Å². The van der Waals surface area contributed by atoms with Crippen molar-refractivity contribution < 1.29 is 14.7 Å². The van der Waals surface area contributed by atoms with Crippen molar-refractivity contribution in [3.8, 4) is 0 Å². The first-order valence-corrected chi connectivity index (χ1v) is 8.04. The number of carbonyl (C=O) groups is 2. The predicted molar refractivity (Wildman–Crippen MR) is 91.9 cm³/mol. The number of hydrogen-bond donors (Lipinski definition) is 2. The maximum absolute atomic E-state index is 11.6. The van der Waals surface area contributed by atoms with Gasteiger partial charge < -0.3 is 10.4 Å². The molecule has 1 fully saturated rings. The van der Waals surface area contributed by atoms with Crippen molar-refractivity contribution in [3.63, 3.8) is 0 Å². The second kappa shape index (κ2) is 6.95. The fourth-order valence-corrected chi connectivity index (χ4v) is 2.88. The summed E-state index contributed by atoms with van der Waals surface area (Å²) >= 11 is 1.08. The number of amidine groups is 1. The van der Waals surface area contributed by atoms with Gasteiger partial charge in [0, 0.05) is 0 Å². The lowest BCUT2D eigenvalue weighted by Crippen LogP contribution is -2.26. The van der Waals surface area contributed by atoms with E-state index in [-0.39, 0.29) is 17.7 Å². The first-order valence-electron chi connectivity index (χ1n) is 7.16. The van der Waals surface area contributed by atoms with E-state index >= 15 is 0 Å². The smallest absolute Gasteiger partial charge is 0.305 e. The average Bonchev–Trinajstić information content (AvgIpc) is 2.78. The van der Waals surface area contributed by atoms with Crippen LogP contribution in [0.2, 0.25) is 0 Å². The molecule has 2 N–H and O–H groups in total. The fourth-order valence-electron chi connectivity index (χ4n) is 1.96. The van der Waals surface area contributed by atoms with Gasteiger partial charge in [0.2, 0.25) is 5.91 Å². The first kappa shape index (κ1) is 17.2. The minimum Gasteiger partial charge on any atom is -0.481 e. The molecule has 1 saturated heterocycles. The molecule has 0 bridgehead atoms. The number of nitrogens with one attached hydrogen (secondary N) is 1. The number of nitrogens with zero attached hydrogens (tertiary/aromatic N) is 2. The second-order valence-corrected chi connectivity index (χ2v) is 7.41. The standard InChI is InChI=1S/C16H19N3O3S/c1-16(2,3)11-6-4-10(5-7-11)9-17-19-15-18-14(22)12(23-15)8-13(20)21/h4-7,9,12H,8H2,1-3H3,(H,20,21)(H,18,19,22)/b17-9+/t12-/m1/s1. The van der Waals surface area contributed by atoms with Crippen molar-refractivity contribution in [1.29, 1.82) is 0 Å². The number of benzene rings is 1. The molecule has 6 nitrogen and oxygen atoms in total. The normalized spacial score (nSPS) is 20.2. The number of carboxylic acids is 1. The van der Waals surface area contributed by atoms with E-state index < -0.39 is 11.2 Å². The van der Waals surface area contributed by atoms with Crippen LogP contribution in [0.4, 0.5) is 0 Å². The topological polar surface area (TPSA) is 91.1 Å². The van der Waals surface area contributed by atoms with Crippen LogP contribution in [0.3, 0.4) is 0 Å². The number of amides is 1. The second-order valence-electron chi connectivity index (χ2n) is 6.22. The Morgan fingerprint density at radius 3 is 2.57 bits per heavy atom. The maximum Gasteiger partial charge on any atom is 0.305 e. The van der Waals surface area contributed by atoms with Crippen LogP contribution >= 0.6 is 11.8 Å². The highest BCUT2D eigenvalue weighted by molar-refractivity contribution is 8.15. The van der Waals surface area contributed by atoms with Gasteiger partial charge in [0.15, 0.2) is 5.17 Å². The van der Waals surface area contributed by atoms with Gasteiger partial charge in [0.05, 0.1) is 12.6 Å². The Hall–Kier alpha value is -2.15. The zero-order valence-corrected chi connectivity index (χ0v) is 14.1. The molecule has 1 aliphatic rings. The molecular weight excluding hydrogens is 314 g/mol. The molecular formula is C16H19N3O3S. The summed E-state index contributed by atoms with van der Waals surface area (Å²) in [5.74, 6) is -1.36. The molecule has 0 aliphatic carbocycles. The summed E-state index contributed by atoms with van der Waals surface area (Å²) in [6.07, 6.45) is 1.37. The summed E-state index contributed by atoms with van der Waals surface area (Å²) < 4.78 is 0. The van der Waals surface area contributed by atoms with Crippen molar-refractivity contribution >= 4 is 35.0 Å². The number of rotatable bonds is 4. The molecule has 1 aromatic rings. The Bertz CT molecular complexity index is 660. The Morgan fingerprint density at radius 2 is 2.00 bits per heavy atom. The summed E-state index contributed by atoms with van der Waals surface area (Å²) in [6, 6.07) is 8.00. The molecule has 0 radical (unpaired) electrons. The Labute approximate surface area is 139 Å². The SMILES string of the molecule is CC(C)(C)c1ccc(/C=N/N=C2/NC(=O)[C@@H](CC(=O)O)S2)cc1. The third-order valence-corrected chi connectivity index (χ3v) is 4.34. The van der Waals surface area contributed by atoms with E-state index in [2.05, 4.69) is 36.3 Å². The van der Waals surface area contributed by atoms with Crippen molar-refractivity contribution in [3.05, 3.63) is 35.4 Å². The number of thioether (sulfide) groups is 1. The Balaban J connectivity index is 1.99. The average molecular weight is 333 g/mol. The summed E-state index contributed by atoms with van der Waals surface area (Å²) in [7, 11) is 0. The molecule has 2 rings (SSSR count). The number of carboxylic acid groups (broad SMARTS) is 1. The van der Waals surface area contributed by atoms with E-state index in [4.69, 9.17) is 5.11 Å². The number of aliphatic carboxylic acids is 1. The largest absolute Gasteiger partial charge is 0.481 e. The quantitative estimate of drug-likeness (QED) is 0.654. The highest BCUT2D eigenvalue weighted by Crippen LogP contribution is 2.23. The van der Waals surface area contributed by atoms with Crippen LogP contribution in [0.1, 0.15) is 38.3 Å². The van der Waals surface area contributed by atoms with E-state index in [1.165, 1.54) is 5.56 Å². The third kappa shape index (κ3) is 4.92. The molecule has 0 spiro atoms. The van der Waals surface area contributed by atoms with Gasteiger partial charge in [-0.3, -0.25) is 9.59 Å². The minimum atomic E-state index is -1.01. The monoisotopic (exact) mass is 333 g/mol. The summed E-state index contributed by atoms with van der Waals surface area (Å²) in [6.45, 7) is 6.45. The van der Waals surface area contributed by atoms with Gasteiger partial charge in [-0.05, 0) is 16.5 Å². The van der Waals surface area contributed by atoms with Crippen molar-refractivity contribution in [1.82, 2.24) is 5.32 Å². The van der Waals surface area contributed by atoms with Gasteiger partial charge in [0.1, 0.15) is 5.25 Å². The summed E-state index contributed by atoms with van der Waals surface area (Å²) in [4.78, 5) is 22.2. The van der Waals surface area contributed by atoms with E-state index in [0.717, 1.165) is 17.3 Å². The lowest BCUT2D eigenvalue weighted by molar-refractivity contribution is -0.138. The number of hydrogen-bond acceptors (Lipinski definition) is 5. The lowest BCUT2D eigenvalue weighted by atomic mass is 9.87. The van der Waals surface area contributed by atoms with Gasteiger partial charge in [-0.1, -0.05) is 56.8 Å². The van der Waals surface area contributed by atoms with Crippen LogP contribution in [0.15, 0.2) is 34.5 Å².